The molecule has 1 aliphatic heterocycles. The number of likely N-dealkylation sites (tertiary alicyclic amines) is 1. The first-order valence-electron chi connectivity index (χ1n) is 5.83. The minimum absolute atomic E-state index is 0.0393. The molecule has 100 valence electrons. The van der Waals surface area contributed by atoms with Crippen molar-refractivity contribution >= 4 is 45.1 Å². The Morgan fingerprint density at radius 3 is 2.89 bits per heavy atom. The summed E-state index contributed by atoms with van der Waals surface area (Å²) in [5.74, 6) is -0.316. The summed E-state index contributed by atoms with van der Waals surface area (Å²) in [5.41, 5.74) is 1.35. The molecule has 0 spiro atoms. The fraction of sp³-hybridized carbons (Fsp3) is 0.333. The molecule has 1 unspecified atom stereocenters. The molecule has 1 amide bonds. The summed E-state index contributed by atoms with van der Waals surface area (Å²) in [4.78, 5) is 16.7. The quantitative estimate of drug-likeness (QED) is 0.808. The third kappa shape index (κ3) is 1.92. The molecule has 2 heterocycles. The summed E-state index contributed by atoms with van der Waals surface area (Å²) in [7, 11) is 1.77. The van der Waals surface area contributed by atoms with E-state index in [1.165, 1.54) is 6.07 Å². The normalized spacial score (nSPS) is 19.6. The van der Waals surface area contributed by atoms with Crippen LogP contribution in [-0.4, -0.2) is 34.0 Å². The summed E-state index contributed by atoms with van der Waals surface area (Å²) in [6.45, 7) is 0.709. The van der Waals surface area contributed by atoms with Crippen LogP contribution in [0, 0.1) is 10.6 Å². The molecule has 0 aliphatic carbocycles. The van der Waals surface area contributed by atoms with Crippen LogP contribution in [0.25, 0.3) is 11.0 Å². The molecule has 1 fully saturated rings. The number of fused-ring (bicyclic) bond motifs is 1. The van der Waals surface area contributed by atoms with E-state index < -0.39 is 0 Å². The van der Waals surface area contributed by atoms with Gasteiger partial charge in [0.05, 0.1) is 15.5 Å². The number of rotatable bonds is 1. The van der Waals surface area contributed by atoms with Gasteiger partial charge in [0.1, 0.15) is 11.9 Å². The van der Waals surface area contributed by atoms with E-state index in [9.17, 15) is 9.18 Å². The fourth-order valence-electron chi connectivity index (χ4n) is 2.47. The highest BCUT2D eigenvalue weighted by atomic mass is 79.9. The average molecular weight is 344 g/mol. The molecule has 4 nitrogen and oxygen atoms in total. The number of amides is 1. The first-order valence-corrected chi connectivity index (χ1v) is 7.03. The minimum Gasteiger partial charge on any atom is -0.344 e. The molecular formula is C12H11BrFN3OS. The summed E-state index contributed by atoms with van der Waals surface area (Å²) in [6, 6.07) is 2.74. The number of nitrogens with zero attached hydrogens (tertiary/aromatic N) is 2. The van der Waals surface area contributed by atoms with Gasteiger partial charge in [-0.15, -0.1) is 0 Å². The Morgan fingerprint density at radius 2 is 2.26 bits per heavy atom. The number of imidazole rings is 1. The van der Waals surface area contributed by atoms with Crippen molar-refractivity contribution in [2.24, 2.45) is 0 Å². The average Bonchev–Trinajstić information content (AvgIpc) is 2.82. The highest BCUT2D eigenvalue weighted by Gasteiger charge is 2.32. The number of aromatic amines is 1. The second-order valence-electron chi connectivity index (χ2n) is 4.65. The first kappa shape index (κ1) is 12.8. The fourth-order valence-corrected chi connectivity index (χ4v) is 3.14. The number of benzene rings is 1. The zero-order valence-electron chi connectivity index (χ0n) is 10.1. The molecule has 7 heteroatoms. The number of hydrogen-bond donors (Lipinski definition) is 1. The summed E-state index contributed by atoms with van der Waals surface area (Å²) in [5, 5.41) is 0. The molecule has 0 radical (unpaired) electrons. The molecule has 19 heavy (non-hydrogen) atoms. The van der Waals surface area contributed by atoms with Gasteiger partial charge in [0.25, 0.3) is 0 Å². The maximum absolute atomic E-state index is 13.5. The SMILES string of the molecule is CN1CCC(n2c(=S)[nH]c3cc(F)c(Br)cc32)C1=O. The standard InChI is InChI=1S/C12H11BrFN3OS/c1-16-3-2-9(11(16)18)17-10-4-6(13)7(14)5-8(10)15-12(17)19/h4-5,9H,2-3H2,1H3,(H,15,19). The Labute approximate surface area is 122 Å². The zero-order chi connectivity index (χ0) is 13.7. The van der Waals surface area contributed by atoms with Crippen molar-refractivity contribution < 1.29 is 9.18 Å². The van der Waals surface area contributed by atoms with Gasteiger partial charge < -0.3 is 14.5 Å². The van der Waals surface area contributed by atoms with Crippen molar-refractivity contribution in [3.8, 4) is 0 Å². The Hall–Kier alpha value is -1.21. The van der Waals surface area contributed by atoms with Crippen LogP contribution in [-0.2, 0) is 4.79 Å². The number of hydrogen-bond acceptors (Lipinski definition) is 2. The molecule has 1 atom stereocenters. The number of H-pyrrole nitrogens is 1. The van der Waals surface area contributed by atoms with Crippen LogP contribution in [0.5, 0.6) is 0 Å². The predicted octanol–water partition coefficient (Wildman–Crippen LogP) is 3.00. The van der Waals surface area contributed by atoms with E-state index in [0.717, 1.165) is 5.52 Å². The third-order valence-electron chi connectivity index (χ3n) is 3.47. The van der Waals surface area contributed by atoms with Crippen molar-refractivity contribution in [2.45, 2.75) is 12.5 Å². The molecule has 0 saturated carbocycles. The molecule has 1 saturated heterocycles. The van der Waals surface area contributed by atoms with E-state index in [0.29, 0.717) is 27.7 Å². The van der Waals surface area contributed by atoms with Gasteiger partial charge in [-0.3, -0.25) is 4.79 Å². The topological polar surface area (TPSA) is 41.0 Å². The number of likely N-dealkylation sites (N-methyl/N-ethyl adjacent to an activating group) is 1. The van der Waals surface area contributed by atoms with Gasteiger partial charge in [-0.05, 0) is 40.6 Å². The van der Waals surface area contributed by atoms with E-state index in [4.69, 9.17) is 12.2 Å². The van der Waals surface area contributed by atoms with E-state index in [1.54, 1.807) is 22.6 Å². The molecule has 1 aromatic heterocycles. The highest BCUT2D eigenvalue weighted by molar-refractivity contribution is 9.10. The molecule has 1 aromatic carbocycles. The maximum atomic E-state index is 13.5. The molecule has 1 aliphatic rings. The number of nitrogens with one attached hydrogen (secondary N) is 1. The number of carbonyl (C=O) groups excluding carboxylic acids is 1. The number of aromatic nitrogens is 2. The van der Waals surface area contributed by atoms with Crippen LogP contribution in [0.15, 0.2) is 16.6 Å². The summed E-state index contributed by atoms with van der Waals surface area (Å²) in [6.07, 6.45) is 0.714. The maximum Gasteiger partial charge on any atom is 0.245 e. The van der Waals surface area contributed by atoms with Gasteiger partial charge in [-0.2, -0.15) is 0 Å². The van der Waals surface area contributed by atoms with Gasteiger partial charge in [0, 0.05) is 19.7 Å². The Balaban J connectivity index is 2.24. The van der Waals surface area contributed by atoms with Gasteiger partial charge in [-0.25, -0.2) is 4.39 Å². The Kier molecular flexibility index (Phi) is 2.98. The van der Waals surface area contributed by atoms with E-state index >= 15 is 0 Å². The van der Waals surface area contributed by atoms with Crippen LogP contribution in [0.3, 0.4) is 0 Å². The van der Waals surface area contributed by atoms with Crippen molar-refractivity contribution in [2.75, 3.05) is 13.6 Å². The van der Waals surface area contributed by atoms with Crippen molar-refractivity contribution in [3.63, 3.8) is 0 Å². The lowest BCUT2D eigenvalue weighted by molar-refractivity contribution is -0.129. The monoisotopic (exact) mass is 343 g/mol. The van der Waals surface area contributed by atoms with E-state index in [1.807, 2.05) is 0 Å². The Morgan fingerprint density at radius 1 is 1.53 bits per heavy atom. The lowest BCUT2D eigenvalue weighted by Crippen LogP contribution is -2.24. The van der Waals surface area contributed by atoms with Crippen molar-refractivity contribution in [3.05, 3.63) is 27.2 Å². The van der Waals surface area contributed by atoms with Crippen LogP contribution < -0.4 is 0 Å². The van der Waals surface area contributed by atoms with Gasteiger partial charge >= 0.3 is 0 Å². The van der Waals surface area contributed by atoms with Gasteiger partial charge in [0.2, 0.25) is 5.91 Å². The zero-order valence-corrected chi connectivity index (χ0v) is 12.5. The van der Waals surface area contributed by atoms with Crippen LogP contribution in [0.2, 0.25) is 0 Å². The lowest BCUT2D eigenvalue weighted by Gasteiger charge is -2.12. The smallest absolute Gasteiger partial charge is 0.245 e. The third-order valence-corrected chi connectivity index (χ3v) is 4.38. The minimum atomic E-state index is -0.356. The van der Waals surface area contributed by atoms with Crippen LogP contribution >= 0.6 is 28.1 Å². The van der Waals surface area contributed by atoms with Crippen molar-refractivity contribution in [1.82, 2.24) is 14.5 Å². The van der Waals surface area contributed by atoms with E-state index in [2.05, 4.69) is 20.9 Å². The Bertz CT molecular complexity index is 738. The van der Waals surface area contributed by atoms with Crippen molar-refractivity contribution in [1.29, 1.82) is 0 Å². The summed E-state index contributed by atoms with van der Waals surface area (Å²) >= 11 is 8.43. The molecule has 2 aromatic rings. The van der Waals surface area contributed by atoms with Crippen LogP contribution in [0.4, 0.5) is 4.39 Å². The van der Waals surface area contributed by atoms with E-state index in [-0.39, 0.29) is 17.8 Å². The molecular weight excluding hydrogens is 333 g/mol. The molecule has 1 N–H and O–H groups in total. The molecule has 0 bridgehead atoms. The highest BCUT2D eigenvalue weighted by Crippen LogP contribution is 2.29. The number of carbonyl (C=O) groups is 1. The second kappa shape index (κ2) is 4.42. The number of halogens is 2. The van der Waals surface area contributed by atoms with Gasteiger partial charge in [-0.1, -0.05) is 0 Å². The molecule has 3 rings (SSSR count). The first-order chi connectivity index (χ1) is 8.99. The van der Waals surface area contributed by atoms with Gasteiger partial charge in [0.15, 0.2) is 4.77 Å². The lowest BCUT2D eigenvalue weighted by atomic mass is 10.2. The summed E-state index contributed by atoms with van der Waals surface area (Å²) < 4.78 is 16.1. The van der Waals surface area contributed by atoms with Crippen LogP contribution in [0.1, 0.15) is 12.5 Å². The largest absolute Gasteiger partial charge is 0.344 e. The predicted molar refractivity (Wildman–Crippen MR) is 76.1 cm³/mol. The second-order valence-corrected chi connectivity index (χ2v) is 5.89.